The number of anilines is 1. The number of nitrogens with zero attached hydrogens (tertiary/aromatic N) is 3. The predicted octanol–water partition coefficient (Wildman–Crippen LogP) is 3.53. The molecule has 154 valence electrons. The molecule has 0 spiro atoms. The van der Waals surface area contributed by atoms with E-state index < -0.39 is 10.0 Å². The van der Waals surface area contributed by atoms with Crippen molar-refractivity contribution in [2.75, 3.05) is 24.5 Å². The minimum atomic E-state index is -3.81. The second-order valence-electron chi connectivity index (χ2n) is 7.85. The smallest absolute Gasteiger partial charge is 0.270 e. The minimum absolute atomic E-state index is 0.296. The second-order valence-corrected chi connectivity index (χ2v) is 9.61. The number of imidazole rings is 1. The molecule has 1 aromatic heterocycles. The summed E-state index contributed by atoms with van der Waals surface area (Å²) in [6.07, 6.45) is 0. The van der Waals surface area contributed by atoms with Crippen molar-refractivity contribution in [3.05, 3.63) is 66.5 Å². The van der Waals surface area contributed by atoms with Crippen molar-refractivity contribution in [1.82, 2.24) is 14.3 Å². The van der Waals surface area contributed by atoms with Crippen LogP contribution in [0.1, 0.15) is 12.7 Å². The number of aromatic nitrogens is 2. The second kappa shape index (κ2) is 7.11. The molecule has 0 amide bonds. The number of benzene rings is 3. The van der Waals surface area contributed by atoms with Crippen molar-refractivity contribution in [3.63, 3.8) is 0 Å². The Kier molecular flexibility index (Phi) is 4.52. The highest BCUT2D eigenvalue weighted by atomic mass is 32.2. The number of nitrogens with one attached hydrogen (secondary N) is 1. The molecule has 0 aliphatic carbocycles. The van der Waals surface area contributed by atoms with E-state index in [9.17, 15) is 8.42 Å². The van der Waals surface area contributed by atoms with Crippen LogP contribution in [0.15, 0.2) is 65.6 Å². The number of para-hydroxylation sites is 1. The molecule has 0 unspecified atom stereocenters. The summed E-state index contributed by atoms with van der Waals surface area (Å²) >= 11 is 0. The van der Waals surface area contributed by atoms with Crippen molar-refractivity contribution in [2.24, 2.45) is 0 Å². The van der Waals surface area contributed by atoms with Gasteiger partial charge in [-0.1, -0.05) is 42.5 Å². The van der Waals surface area contributed by atoms with Crippen molar-refractivity contribution in [1.29, 1.82) is 0 Å². The van der Waals surface area contributed by atoms with Crippen molar-refractivity contribution in [2.45, 2.75) is 24.8 Å². The van der Waals surface area contributed by atoms with Crippen LogP contribution >= 0.6 is 0 Å². The normalized spacial score (nSPS) is 17.7. The highest BCUT2D eigenvalue weighted by molar-refractivity contribution is 7.90. The Morgan fingerprint density at radius 3 is 2.63 bits per heavy atom. The zero-order chi connectivity index (χ0) is 20.9. The molecule has 0 saturated carbocycles. The van der Waals surface area contributed by atoms with E-state index in [0.29, 0.717) is 27.7 Å². The van der Waals surface area contributed by atoms with E-state index in [1.807, 2.05) is 48.5 Å². The van der Waals surface area contributed by atoms with Crippen LogP contribution in [0.3, 0.4) is 0 Å². The van der Waals surface area contributed by atoms with E-state index >= 15 is 0 Å². The fourth-order valence-corrected chi connectivity index (χ4v) is 6.11. The van der Waals surface area contributed by atoms with Crippen LogP contribution in [0.5, 0.6) is 0 Å². The summed E-state index contributed by atoms with van der Waals surface area (Å²) in [6.45, 7) is 6.53. The molecule has 1 N–H and O–H groups in total. The summed E-state index contributed by atoms with van der Waals surface area (Å²) < 4.78 is 29.0. The summed E-state index contributed by atoms with van der Waals surface area (Å²) in [7, 11) is -3.81. The Hall–Kier alpha value is -2.90. The maximum absolute atomic E-state index is 13.8. The highest BCUT2D eigenvalue weighted by Gasteiger charge is 2.27. The molecule has 7 heteroatoms. The lowest BCUT2D eigenvalue weighted by Gasteiger charge is -2.33. The lowest BCUT2D eigenvalue weighted by Crippen LogP contribution is -2.49. The molecule has 1 aliphatic rings. The highest BCUT2D eigenvalue weighted by Crippen LogP contribution is 2.32. The first-order valence-corrected chi connectivity index (χ1v) is 11.6. The molecule has 1 aliphatic heterocycles. The van der Waals surface area contributed by atoms with Crippen LogP contribution < -0.4 is 10.2 Å². The average molecular weight is 421 g/mol. The molecule has 30 heavy (non-hydrogen) atoms. The van der Waals surface area contributed by atoms with Crippen LogP contribution in [0.25, 0.3) is 21.8 Å². The first kappa shape index (κ1) is 19.1. The first-order valence-electron chi connectivity index (χ1n) is 10.2. The summed E-state index contributed by atoms with van der Waals surface area (Å²) in [5, 5.41) is 5.06. The number of fused-ring (bicyclic) bond motifs is 2. The van der Waals surface area contributed by atoms with Gasteiger partial charge in [-0.05, 0) is 37.4 Å². The van der Waals surface area contributed by atoms with E-state index in [2.05, 4.69) is 17.1 Å². The van der Waals surface area contributed by atoms with Crippen molar-refractivity contribution >= 4 is 37.5 Å². The van der Waals surface area contributed by atoms with Gasteiger partial charge in [0.25, 0.3) is 10.0 Å². The van der Waals surface area contributed by atoms with E-state index in [-0.39, 0.29) is 0 Å². The molecule has 0 bridgehead atoms. The molecule has 1 atom stereocenters. The third-order valence-corrected chi connectivity index (χ3v) is 7.61. The Bertz CT molecular complexity index is 1360. The summed E-state index contributed by atoms with van der Waals surface area (Å²) in [4.78, 5) is 7.28. The third-order valence-electron chi connectivity index (χ3n) is 5.76. The zero-order valence-corrected chi connectivity index (χ0v) is 17.9. The van der Waals surface area contributed by atoms with E-state index in [1.54, 1.807) is 19.1 Å². The first-order chi connectivity index (χ1) is 14.5. The Balaban J connectivity index is 1.71. The number of hydrogen-bond acceptors (Lipinski definition) is 5. The molecule has 1 fully saturated rings. The molecular formula is C23H24N4O2S. The lowest BCUT2D eigenvalue weighted by molar-refractivity contribution is 0.485. The van der Waals surface area contributed by atoms with Gasteiger partial charge in [-0.3, -0.25) is 0 Å². The van der Waals surface area contributed by atoms with Gasteiger partial charge in [0.05, 0.1) is 16.1 Å². The van der Waals surface area contributed by atoms with Gasteiger partial charge in [0, 0.05) is 31.1 Å². The van der Waals surface area contributed by atoms with Crippen LogP contribution in [0.2, 0.25) is 0 Å². The number of rotatable bonds is 3. The Morgan fingerprint density at radius 2 is 1.80 bits per heavy atom. The Labute approximate surface area is 176 Å². The zero-order valence-electron chi connectivity index (χ0n) is 17.0. The van der Waals surface area contributed by atoms with Gasteiger partial charge < -0.3 is 10.2 Å². The number of piperazine rings is 1. The molecule has 5 rings (SSSR count). The van der Waals surface area contributed by atoms with E-state index in [0.717, 1.165) is 36.2 Å². The molecule has 4 aromatic rings. The average Bonchev–Trinajstić information content (AvgIpc) is 3.09. The maximum atomic E-state index is 13.8. The fraction of sp³-hybridized carbons (Fsp3) is 0.261. The lowest BCUT2D eigenvalue weighted by atomic mass is 10.1. The van der Waals surface area contributed by atoms with Gasteiger partial charge in [-0.15, -0.1) is 0 Å². The van der Waals surface area contributed by atoms with Crippen LogP contribution in [-0.2, 0) is 10.0 Å². The monoisotopic (exact) mass is 420 g/mol. The standard InChI is InChI=1S/C23H24N4O2S/c1-16-15-26(14-13-24-16)20-10-6-11-21-23(20)25-17(2)27(21)30(28,29)22-12-5-8-18-7-3-4-9-19(18)22/h3-12,16,24H,13-15H2,1-2H3/t16-/m1/s1. The van der Waals surface area contributed by atoms with Gasteiger partial charge in [-0.25, -0.2) is 17.4 Å². The quantitative estimate of drug-likeness (QED) is 0.549. The molecule has 2 heterocycles. The van der Waals surface area contributed by atoms with Crippen LogP contribution in [0.4, 0.5) is 5.69 Å². The maximum Gasteiger partial charge on any atom is 0.270 e. The van der Waals surface area contributed by atoms with E-state index in [4.69, 9.17) is 4.98 Å². The predicted molar refractivity (Wildman–Crippen MR) is 121 cm³/mol. The fourth-order valence-electron chi connectivity index (χ4n) is 4.41. The van der Waals surface area contributed by atoms with Crippen molar-refractivity contribution < 1.29 is 8.42 Å². The van der Waals surface area contributed by atoms with Gasteiger partial charge in [0.15, 0.2) is 0 Å². The SMILES string of the molecule is Cc1nc2c(N3CCN[C@H](C)C3)cccc2n1S(=O)(=O)c1cccc2ccccc12. The molecular weight excluding hydrogens is 396 g/mol. The Morgan fingerprint density at radius 1 is 1.03 bits per heavy atom. The molecule has 6 nitrogen and oxygen atoms in total. The largest absolute Gasteiger partial charge is 0.367 e. The van der Waals surface area contributed by atoms with E-state index in [1.165, 1.54) is 3.97 Å². The van der Waals surface area contributed by atoms with Crippen LogP contribution in [-0.4, -0.2) is 43.1 Å². The number of aryl methyl sites for hydroxylation is 1. The minimum Gasteiger partial charge on any atom is -0.367 e. The van der Waals surface area contributed by atoms with Gasteiger partial charge in [0.1, 0.15) is 11.3 Å². The molecule has 3 aromatic carbocycles. The van der Waals surface area contributed by atoms with Gasteiger partial charge >= 0.3 is 0 Å². The summed E-state index contributed by atoms with van der Waals surface area (Å²) in [5.74, 6) is 0.466. The van der Waals surface area contributed by atoms with Gasteiger partial charge in [0.2, 0.25) is 0 Å². The van der Waals surface area contributed by atoms with Crippen LogP contribution in [0, 0.1) is 6.92 Å². The van der Waals surface area contributed by atoms with Crippen molar-refractivity contribution in [3.8, 4) is 0 Å². The molecule has 0 radical (unpaired) electrons. The number of hydrogen-bond donors (Lipinski definition) is 1. The van der Waals surface area contributed by atoms with Gasteiger partial charge in [-0.2, -0.15) is 0 Å². The topological polar surface area (TPSA) is 67.2 Å². The molecule has 1 saturated heterocycles. The summed E-state index contributed by atoms with van der Waals surface area (Å²) in [6, 6.07) is 19.1. The third kappa shape index (κ3) is 2.97. The summed E-state index contributed by atoms with van der Waals surface area (Å²) in [5.41, 5.74) is 2.33.